The molecule has 4 rings (SSSR count). The Morgan fingerprint density at radius 1 is 1.16 bits per heavy atom. The number of carbonyl (C=O) groups is 1. The highest BCUT2D eigenvalue weighted by Crippen LogP contribution is 2.15. The Bertz CT molecular complexity index is 878. The molecule has 2 aromatic rings. The molecule has 2 saturated heterocycles. The van der Waals surface area contributed by atoms with Gasteiger partial charge in [-0.25, -0.2) is 4.98 Å². The Morgan fingerprint density at radius 2 is 1.94 bits per heavy atom. The minimum Gasteiger partial charge on any atom is -0.378 e. The van der Waals surface area contributed by atoms with E-state index in [9.17, 15) is 4.79 Å². The summed E-state index contributed by atoms with van der Waals surface area (Å²) in [4.78, 5) is 27.5. The SMILES string of the molecule is CN=C(NCc1cccc(-c2ncn[nH]2)c1)N1CCN(CC(=O)N2CCOCC2)CC1.I. The molecule has 1 aromatic carbocycles. The van der Waals surface area contributed by atoms with Crippen LogP contribution in [0.4, 0.5) is 0 Å². The molecule has 3 heterocycles. The summed E-state index contributed by atoms with van der Waals surface area (Å²) in [6.45, 7) is 7.21. The van der Waals surface area contributed by atoms with E-state index >= 15 is 0 Å². The molecule has 0 saturated carbocycles. The van der Waals surface area contributed by atoms with Gasteiger partial charge in [-0.3, -0.25) is 19.8 Å². The number of ether oxygens (including phenoxy) is 1. The van der Waals surface area contributed by atoms with Crippen LogP contribution < -0.4 is 5.32 Å². The average Bonchev–Trinajstić information content (AvgIpc) is 3.36. The van der Waals surface area contributed by atoms with E-state index in [1.54, 1.807) is 0 Å². The number of aromatic nitrogens is 3. The lowest BCUT2D eigenvalue weighted by Gasteiger charge is -2.37. The van der Waals surface area contributed by atoms with Crippen molar-refractivity contribution < 1.29 is 9.53 Å². The van der Waals surface area contributed by atoms with E-state index in [0.29, 0.717) is 39.4 Å². The first-order valence-electron chi connectivity index (χ1n) is 10.7. The molecule has 2 fully saturated rings. The van der Waals surface area contributed by atoms with E-state index < -0.39 is 0 Å². The summed E-state index contributed by atoms with van der Waals surface area (Å²) in [5.41, 5.74) is 2.15. The monoisotopic (exact) mass is 554 g/mol. The molecular formula is C21H31IN8O2. The van der Waals surface area contributed by atoms with Crippen molar-refractivity contribution in [2.75, 3.05) is 66.1 Å². The number of rotatable bonds is 5. The molecule has 0 unspecified atom stereocenters. The second kappa shape index (κ2) is 12.1. The first kappa shape index (κ1) is 24.4. The summed E-state index contributed by atoms with van der Waals surface area (Å²) in [6, 6.07) is 8.20. The van der Waals surface area contributed by atoms with E-state index in [1.165, 1.54) is 6.33 Å². The van der Waals surface area contributed by atoms with Gasteiger partial charge in [0.05, 0.1) is 19.8 Å². The maximum atomic E-state index is 12.5. The van der Waals surface area contributed by atoms with Gasteiger partial charge in [0.25, 0.3) is 0 Å². The zero-order valence-corrected chi connectivity index (χ0v) is 20.7. The van der Waals surface area contributed by atoms with Crippen LogP contribution >= 0.6 is 24.0 Å². The van der Waals surface area contributed by atoms with E-state index in [-0.39, 0.29) is 29.9 Å². The number of hydrogen-bond donors (Lipinski definition) is 2. The van der Waals surface area contributed by atoms with Crippen molar-refractivity contribution in [1.82, 2.24) is 35.2 Å². The van der Waals surface area contributed by atoms with E-state index in [4.69, 9.17) is 4.74 Å². The zero-order chi connectivity index (χ0) is 21.5. The molecule has 0 radical (unpaired) electrons. The molecule has 1 amide bonds. The van der Waals surface area contributed by atoms with Crippen molar-refractivity contribution in [3.8, 4) is 11.4 Å². The van der Waals surface area contributed by atoms with Gasteiger partial charge < -0.3 is 19.9 Å². The van der Waals surface area contributed by atoms with Gasteiger partial charge in [-0.15, -0.1) is 24.0 Å². The fourth-order valence-electron chi connectivity index (χ4n) is 3.91. The molecule has 0 atom stereocenters. The molecule has 10 nitrogen and oxygen atoms in total. The summed E-state index contributed by atoms with van der Waals surface area (Å²) >= 11 is 0. The van der Waals surface area contributed by atoms with Crippen LogP contribution in [-0.4, -0.2) is 108 Å². The fraction of sp³-hybridized carbons (Fsp3) is 0.524. The molecule has 2 aliphatic rings. The fourth-order valence-corrected chi connectivity index (χ4v) is 3.91. The number of aromatic amines is 1. The topological polar surface area (TPSA) is 102 Å². The van der Waals surface area contributed by atoms with Gasteiger partial charge >= 0.3 is 0 Å². The Hall–Kier alpha value is -2.25. The van der Waals surface area contributed by atoms with E-state index in [2.05, 4.69) is 47.4 Å². The highest BCUT2D eigenvalue weighted by molar-refractivity contribution is 14.0. The molecule has 2 N–H and O–H groups in total. The maximum Gasteiger partial charge on any atom is 0.236 e. The quantitative estimate of drug-likeness (QED) is 0.318. The molecular weight excluding hydrogens is 523 g/mol. The van der Waals surface area contributed by atoms with Crippen LogP contribution in [0.2, 0.25) is 0 Å². The van der Waals surface area contributed by atoms with Crippen molar-refractivity contribution in [3.05, 3.63) is 36.2 Å². The largest absolute Gasteiger partial charge is 0.378 e. The summed E-state index contributed by atoms with van der Waals surface area (Å²) in [6.07, 6.45) is 1.51. The lowest BCUT2D eigenvalue weighted by molar-refractivity contribution is -0.136. The summed E-state index contributed by atoms with van der Waals surface area (Å²) in [7, 11) is 1.81. The second-order valence-corrected chi connectivity index (χ2v) is 7.69. The Labute approximate surface area is 205 Å². The lowest BCUT2D eigenvalue weighted by Crippen LogP contribution is -2.54. The Morgan fingerprint density at radius 3 is 2.62 bits per heavy atom. The van der Waals surface area contributed by atoms with E-state index in [0.717, 1.165) is 49.1 Å². The molecule has 2 aliphatic heterocycles. The first-order chi connectivity index (χ1) is 15.2. The van der Waals surface area contributed by atoms with Gasteiger partial charge in [-0.05, 0) is 11.6 Å². The molecule has 0 bridgehead atoms. The van der Waals surface area contributed by atoms with Gasteiger partial charge in [0.15, 0.2) is 11.8 Å². The van der Waals surface area contributed by atoms with E-state index in [1.807, 2.05) is 24.1 Å². The number of hydrogen-bond acceptors (Lipinski definition) is 6. The highest BCUT2D eigenvalue weighted by atomic mass is 127. The Kier molecular flexibility index (Phi) is 9.23. The molecule has 32 heavy (non-hydrogen) atoms. The third-order valence-electron chi connectivity index (χ3n) is 5.67. The van der Waals surface area contributed by atoms with Crippen molar-refractivity contribution in [1.29, 1.82) is 0 Å². The van der Waals surface area contributed by atoms with Crippen molar-refractivity contribution in [2.24, 2.45) is 4.99 Å². The van der Waals surface area contributed by atoms with Gasteiger partial charge in [0, 0.05) is 58.4 Å². The van der Waals surface area contributed by atoms with Crippen LogP contribution in [0.3, 0.4) is 0 Å². The normalized spacial score (nSPS) is 17.7. The van der Waals surface area contributed by atoms with Crippen LogP contribution in [0, 0.1) is 0 Å². The summed E-state index contributed by atoms with van der Waals surface area (Å²) < 4.78 is 5.33. The van der Waals surface area contributed by atoms with Gasteiger partial charge in [-0.2, -0.15) is 5.10 Å². The van der Waals surface area contributed by atoms with Crippen LogP contribution in [0.5, 0.6) is 0 Å². The average molecular weight is 554 g/mol. The third-order valence-corrected chi connectivity index (χ3v) is 5.67. The predicted molar refractivity (Wildman–Crippen MR) is 133 cm³/mol. The molecule has 0 aliphatic carbocycles. The Balaban J connectivity index is 0.00000289. The summed E-state index contributed by atoms with van der Waals surface area (Å²) in [5, 5.41) is 10.3. The van der Waals surface area contributed by atoms with Crippen LogP contribution in [-0.2, 0) is 16.1 Å². The minimum absolute atomic E-state index is 0. The molecule has 11 heteroatoms. The van der Waals surface area contributed by atoms with Gasteiger partial charge in [-0.1, -0.05) is 18.2 Å². The molecule has 1 aromatic heterocycles. The number of halogens is 1. The van der Waals surface area contributed by atoms with Crippen LogP contribution in [0.15, 0.2) is 35.6 Å². The third kappa shape index (κ3) is 6.39. The smallest absolute Gasteiger partial charge is 0.236 e. The van der Waals surface area contributed by atoms with Crippen molar-refractivity contribution in [2.45, 2.75) is 6.54 Å². The first-order valence-corrected chi connectivity index (χ1v) is 10.7. The number of aliphatic imine (C=N–C) groups is 1. The second-order valence-electron chi connectivity index (χ2n) is 7.69. The zero-order valence-electron chi connectivity index (χ0n) is 18.4. The van der Waals surface area contributed by atoms with Gasteiger partial charge in [0.2, 0.25) is 5.91 Å². The maximum absolute atomic E-state index is 12.5. The number of morpholine rings is 1. The predicted octanol–water partition coefficient (Wildman–Crippen LogP) is 0.642. The highest BCUT2D eigenvalue weighted by Gasteiger charge is 2.24. The number of piperazine rings is 1. The number of carbonyl (C=O) groups excluding carboxylic acids is 1. The van der Waals surface area contributed by atoms with Gasteiger partial charge in [0.1, 0.15) is 6.33 Å². The number of H-pyrrole nitrogens is 1. The molecule has 0 spiro atoms. The lowest BCUT2D eigenvalue weighted by atomic mass is 10.1. The summed E-state index contributed by atoms with van der Waals surface area (Å²) in [5.74, 6) is 1.84. The molecule has 174 valence electrons. The number of amides is 1. The standard InChI is InChI=1S/C21H30N8O2.HI/c1-22-21(23-14-17-3-2-4-18(13-17)20-24-16-25-26-20)29-7-5-27(6-8-29)15-19(30)28-9-11-31-12-10-28;/h2-4,13,16H,5-12,14-15H2,1H3,(H,22,23)(H,24,25,26);1H. The number of guanidine groups is 1. The number of benzene rings is 1. The van der Waals surface area contributed by atoms with Crippen molar-refractivity contribution in [3.63, 3.8) is 0 Å². The van der Waals surface area contributed by atoms with Crippen LogP contribution in [0.25, 0.3) is 11.4 Å². The number of nitrogens with zero attached hydrogens (tertiary/aromatic N) is 6. The number of nitrogens with one attached hydrogen (secondary N) is 2. The minimum atomic E-state index is 0. The van der Waals surface area contributed by atoms with Crippen molar-refractivity contribution >= 4 is 35.8 Å². The van der Waals surface area contributed by atoms with Crippen LogP contribution in [0.1, 0.15) is 5.56 Å².